The molecule has 0 spiro atoms. The Morgan fingerprint density at radius 1 is 0.356 bits per heavy atom. The van der Waals surface area contributed by atoms with Gasteiger partial charge in [-0.05, 0) is 94.0 Å². The van der Waals surface area contributed by atoms with E-state index in [1.807, 2.05) is 0 Å². The summed E-state index contributed by atoms with van der Waals surface area (Å²) < 4.78 is 0. The molecule has 0 bridgehead atoms. The molecular weight excluding hydrogens is 540 g/mol. The lowest BCUT2D eigenvalue weighted by Gasteiger charge is -2.27. The first-order valence-electron chi connectivity index (χ1n) is 15.9. The van der Waals surface area contributed by atoms with Gasteiger partial charge in [-0.25, -0.2) is 0 Å². The van der Waals surface area contributed by atoms with Gasteiger partial charge in [-0.15, -0.1) is 0 Å². The molecule has 0 N–H and O–H groups in total. The Bertz CT molecular complexity index is 2390. The minimum atomic E-state index is -0.161. The molecular formula is C45H32. The Kier molecular flexibility index (Phi) is 5.64. The lowest BCUT2D eigenvalue weighted by Crippen LogP contribution is -2.16. The van der Waals surface area contributed by atoms with Crippen molar-refractivity contribution < 1.29 is 0 Å². The van der Waals surface area contributed by atoms with Gasteiger partial charge >= 0.3 is 0 Å². The molecule has 212 valence electrons. The molecule has 0 aliphatic heterocycles. The average molecular weight is 573 g/mol. The zero-order valence-corrected chi connectivity index (χ0v) is 25.5. The van der Waals surface area contributed by atoms with Crippen LogP contribution in [0, 0.1) is 0 Å². The summed E-state index contributed by atoms with van der Waals surface area (Å²) >= 11 is 0. The quantitative estimate of drug-likeness (QED) is 0.185. The summed E-state index contributed by atoms with van der Waals surface area (Å²) in [5, 5.41) is 7.69. The molecule has 0 fully saturated rings. The fourth-order valence-corrected chi connectivity index (χ4v) is 8.05. The minimum Gasteiger partial charge on any atom is -0.0622 e. The molecule has 0 heterocycles. The van der Waals surface area contributed by atoms with Crippen molar-refractivity contribution in [2.45, 2.75) is 19.3 Å². The molecule has 45 heavy (non-hydrogen) atoms. The smallest absolute Gasteiger partial charge is 0.0165 e. The highest BCUT2D eigenvalue weighted by molar-refractivity contribution is 6.22. The van der Waals surface area contributed by atoms with Crippen molar-refractivity contribution in [1.82, 2.24) is 0 Å². The average Bonchev–Trinajstić information content (AvgIpc) is 3.34. The van der Waals surface area contributed by atoms with E-state index in [0.29, 0.717) is 0 Å². The number of fused-ring (bicyclic) bond motifs is 6. The van der Waals surface area contributed by atoms with Gasteiger partial charge in [0.2, 0.25) is 0 Å². The maximum atomic E-state index is 2.41. The maximum Gasteiger partial charge on any atom is 0.0165 e. The van der Waals surface area contributed by atoms with E-state index >= 15 is 0 Å². The summed E-state index contributed by atoms with van der Waals surface area (Å²) in [4.78, 5) is 0. The second-order valence-electron chi connectivity index (χ2n) is 12.9. The zero-order valence-electron chi connectivity index (χ0n) is 25.5. The van der Waals surface area contributed by atoms with Crippen molar-refractivity contribution in [2.75, 3.05) is 0 Å². The highest BCUT2D eigenvalue weighted by Crippen LogP contribution is 2.57. The summed E-state index contributed by atoms with van der Waals surface area (Å²) in [6.45, 7) is 4.81. The fourth-order valence-electron chi connectivity index (χ4n) is 8.05. The van der Waals surface area contributed by atoms with E-state index in [-0.39, 0.29) is 5.41 Å². The standard InChI is InChI=1S/C45H32/c1-45(2)40-23-13-12-22-38(40)43-33(30-15-4-3-5-16-30)26-27-39(44(43)45)42-36-20-10-8-18-34(36)41(35-19-9-11-21-37(35)42)32-25-24-29-14-6-7-17-31(29)28-32/h3-28H,1-2H3. The predicted molar refractivity (Wildman–Crippen MR) is 193 cm³/mol. The van der Waals surface area contributed by atoms with Gasteiger partial charge in [0, 0.05) is 5.41 Å². The number of hydrogen-bond acceptors (Lipinski definition) is 0. The molecule has 0 atom stereocenters. The van der Waals surface area contributed by atoms with Crippen LogP contribution in [-0.2, 0) is 5.41 Å². The fraction of sp³-hybridized carbons (Fsp3) is 0.0667. The monoisotopic (exact) mass is 572 g/mol. The van der Waals surface area contributed by atoms with Crippen molar-refractivity contribution in [3.05, 3.63) is 169 Å². The molecule has 8 aromatic rings. The van der Waals surface area contributed by atoms with Gasteiger partial charge in [-0.3, -0.25) is 0 Å². The van der Waals surface area contributed by atoms with Gasteiger partial charge in [-0.1, -0.05) is 166 Å². The number of rotatable bonds is 3. The molecule has 0 unspecified atom stereocenters. The lowest BCUT2D eigenvalue weighted by atomic mass is 9.76. The Labute approximate surface area is 264 Å². The molecule has 0 heteroatoms. The van der Waals surface area contributed by atoms with Gasteiger partial charge in [0.1, 0.15) is 0 Å². The zero-order chi connectivity index (χ0) is 30.1. The van der Waals surface area contributed by atoms with Crippen molar-refractivity contribution >= 4 is 32.3 Å². The van der Waals surface area contributed by atoms with Crippen LogP contribution in [0.1, 0.15) is 25.0 Å². The highest BCUT2D eigenvalue weighted by Gasteiger charge is 2.39. The molecule has 0 radical (unpaired) electrons. The van der Waals surface area contributed by atoms with Gasteiger partial charge in [-0.2, -0.15) is 0 Å². The van der Waals surface area contributed by atoms with Gasteiger partial charge < -0.3 is 0 Å². The van der Waals surface area contributed by atoms with Crippen LogP contribution in [0.5, 0.6) is 0 Å². The summed E-state index contributed by atoms with van der Waals surface area (Å²) in [5.74, 6) is 0. The lowest BCUT2D eigenvalue weighted by molar-refractivity contribution is 0.662. The SMILES string of the molecule is CC1(C)c2ccccc2-c2c(-c3ccccc3)ccc(-c3c4ccccc4c(-c4ccc5ccccc5c4)c4ccccc34)c21. The van der Waals surface area contributed by atoms with Crippen LogP contribution >= 0.6 is 0 Å². The molecule has 1 aliphatic carbocycles. The topological polar surface area (TPSA) is 0 Å². The summed E-state index contributed by atoms with van der Waals surface area (Å²) in [6.07, 6.45) is 0. The minimum absolute atomic E-state index is 0.161. The van der Waals surface area contributed by atoms with Crippen molar-refractivity contribution in [3.8, 4) is 44.5 Å². The molecule has 0 saturated carbocycles. The molecule has 0 aromatic heterocycles. The van der Waals surface area contributed by atoms with E-state index in [1.165, 1.54) is 88.0 Å². The Hall–Kier alpha value is -5.46. The van der Waals surface area contributed by atoms with Crippen molar-refractivity contribution in [1.29, 1.82) is 0 Å². The van der Waals surface area contributed by atoms with Crippen LogP contribution in [0.2, 0.25) is 0 Å². The van der Waals surface area contributed by atoms with Crippen LogP contribution in [0.25, 0.3) is 76.8 Å². The van der Waals surface area contributed by atoms with E-state index in [1.54, 1.807) is 0 Å². The molecule has 0 amide bonds. The molecule has 9 rings (SSSR count). The summed E-state index contributed by atoms with van der Waals surface area (Å²) in [5.41, 5.74) is 13.1. The third kappa shape index (κ3) is 3.79. The van der Waals surface area contributed by atoms with Crippen molar-refractivity contribution in [2.24, 2.45) is 0 Å². The van der Waals surface area contributed by atoms with Crippen LogP contribution in [-0.4, -0.2) is 0 Å². The third-order valence-electron chi connectivity index (χ3n) is 10.0. The van der Waals surface area contributed by atoms with Crippen LogP contribution in [0.15, 0.2) is 158 Å². The predicted octanol–water partition coefficient (Wildman–Crippen LogP) is 12.5. The van der Waals surface area contributed by atoms with Gasteiger partial charge in [0.05, 0.1) is 0 Å². The first-order valence-corrected chi connectivity index (χ1v) is 15.9. The second-order valence-corrected chi connectivity index (χ2v) is 12.9. The first kappa shape index (κ1) is 26.0. The third-order valence-corrected chi connectivity index (χ3v) is 10.0. The van der Waals surface area contributed by atoms with Crippen LogP contribution < -0.4 is 0 Å². The number of benzene rings is 8. The van der Waals surface area contributed by atoms with Gasteiger partial charge in [0.15, 0.2) is 0 Å². The highest BCUT2D eigenvalue weighted by atomic mass is 14.4. The summed E-state index contributed by atoms with van der Waals surface area (Å²) in [6, 6.07) is 58.3. The number of hydrogen-bond donors (Lipinski definition) is 0. The van der Waals surface area contributed by atoms with E-state index < -0.39 is 0 Å². The van der Waals surface area contributed by atoms with Gasteiger partial charge in [0.25, 0.3) is 0 Å². The van der Waals surface area contributed by atoms with Crippen LogP contribution in [0.3, 0.4) is 0 Å². The maximum absolute atomic E-state index is 2.41. The molecule has 8 aromatic carbocycles. The molecule has 0 saturated heterocycles. The van der Waals surface area contributed by atoms with Crippen molar-refractivity contribution in [3.63, 3.8) is 0 Å². The Balaban J connectivity index is 1.42. The Morgan fingerprint density at radius 3 is 1.62 bits per heavy atom. The van der Waals surface area contributed by atoms with E-state index in [4.69, 9.17) is 0 Å². The van der Waals surface area contributed by atoms with E-state index in [0.717, 1.165) is 0 Å². The second kappa shape index (κ2) is 9.78. The first-order chi connectivity index (χ1) is 22.1. The molecule has 1 aliphatic rings. The normalized spacial score (nSPS) is 13.3. The van der Waals surface area contributed by atoms with E-state index in [9.17, 15) is 0 Å². The van der Waals surface area contributed by atoms with E-state index in [2.05, 4.69) is 172 Å². The largest absolute Gasteiger partial charge is 0.0622 e. The van der Waals surface area contributed by atoms with Crippen LogP contribution in [0.4, 0.5) is 0 Å². The summed E-state index contributed by atoms with van der Waals surface area (Å²) in [7, 11) is 0. The molecule has 0 nitrogen and oxygen atoms in total. The Morgan fingerprint density at radius 2 is 0.911 bits per heavy atom.